The van der Waals surface area contributed by atoms with Crippen LogP contribution in [-0.2, 0) is 11.5 Å². The van der Waals surface area contributed by atoms with Gasteiger partial charge in [0, 0.05) is 11.5 Å². The Hall–Kier alpha value is -1.14. The third kappa shape index (κ3) is 4.59. The van der Waals surface area contributed by atoms with Crippen LogP contribution in [0, 0.1) is 10.8 Å². The van der Waals surface area contributed by atoms with Crippen molar-refractivity contribution in [3.05, 3.63) is 35.4 Å². The molecule has 0 aliphatic carbocycles. The summed E-state index contributed by atoms with van der Waals surface area (Å²) < 4.78 is 0. The van der Waals surface area contributed by atoms with Gasteiger partial charge in [0.25, 0.3) is 0 Å². The van der Waals surface area contributed by atoms with Gasteiger partial charge in [-0.2, -0.15) is 0 Å². The molecular weight excluding hydrogens is 240 g/mol. The minimum absolute atomic E-state index is 0.119. The van der Waals surface area contributed by atoms with Gasteiger partial charge in [-0.05, 0) is 11.1 Å². The largest absolute Gasteiger partial charge is 0.379 e. The fourth-order valence-corrected chi connectivity index (χ4v) is 2.34. The molecule has 86 valence electrons. The Kier molecular flexibility index (Phi) is 5.21. The zero-order valence-electron chi connectivity index (χ0n) is 8.69. The van der Waals surface area contributed by atoms with Gasteiger partial charge in [0.05, 0.1) is 0 Å². The molecule has 4 nitrogen and oxygen atoms in total. The fourth-order valence-electron chi connectivity index (χ4n) is 1.15. The maximum Gasteiger partial charge on any atom is 0.151 e. The Labute approximate surface area is 103 Å². The minimum atomic E-state index is 0.119. The molecule has 0 saturated carbocycles. The molecule has 6 N–H and O–H groups in total. The number of benzene rings is 1. The van der Waals surface area contributed by atoms with Gasteiger partial charge < -0.3 is 11.5 Å². The van der Waals surface area contributed by atoms with E-state index in [0.717, 1.165) is 11.1 Å². The number of rotatable bonds is 4. The van der Waals surface area contributed by atoms with E-state index in [1.807, 2.05) is 24.3 Å². The predicted octanol–water partition coefficient (Wildman–Crippen LogP) is 1.94. The van der Waals surface area contributed by atoms with E-state index in [1.165, 1.54) is 23.5 Å². The molecule has 0 spiro atoms. The Bertz CT molecular complexity index is 355. The number of nitrogens with two attached hydrogens (primary N) is 2. The highest BCUT2D eigenvalue weighted by atomic mass is 32.2. The maximum absolute atomic E-state index is 7.17. The van der Waals surface area contributed by atoms with Crippen molar-refractivity contribution in [2.45, 2.75) is 11.5 Å². The Balaban J connectivity index is 2.67. The summed E-state index contributed by atoms with van der Waals surface area (Å²) in [5, 5.41) is 14.6. The van der Waals surface area contributed by atoms with Crippen molar-refractivity contribution >= 4 is 33.9 Å². The van der Waals surface area contributed by atoms with E-state index in [0.29, 0.717) is 11.5 Å². The first-order chi connectivity index (χ1) is 7.59. The van der Waals surface area contributed by atoms with Crippen molar-refractivity contribution < 1.29 is 0 Å². The van der Waals surface area contributed by atoms with Crippen LogP contribution < -0.4 is 11.5 Å². The molecule has 0 aromatic heterocycles. The minimum Gasteiger partial charge on any atom is -0.379 e. The van der Waals surface area contributed by atoms with Crippen molar-refractivity contribution in [2.24, 2.45) is 11.5 Å². The van der Waals surface area contributed by atoms with Gasteiger partial charge in [-0.3, -0.25) is 10.8 Å². The number of amidine groups is 2. The summed E-state index contributed by atoms with van der Waals surface area (Å²) in [4.78, 5) is 0. The van der Waals surface area contributed by atoms with Crippen LogP contribution in [0.25, 0.3) is 0 Å². The molecule has 0 fully saturated rings. The van der Waals surface area contributed by atoms with Crippen molar-refractivity contribution in [3.63, 3.8) is 0 Å². The van der Waals surface area contributed by atoms with E-state index in [-0.39, 0.29) is 10.3 Å². The van der Waals surface area contributed by atoms with E-state index in [4.69, 9.17) is 22.3 Å². The molecule has 1 aromatic rings. The summed E-state index contributed by atoms with van der Waals surface area (Å²) in [5.41, 5.74) is 12.9. The second-order valence-electron chi connectivity index (χ2n) is 3.07. The van der Waals surface area contributed by atoms with Crippen molar-refractivity contribution in [1.82, 2.24) is 0 Å². The lowest BCUT2D eigenvalue weighted by atomic mass is 10.1. The summed E-state index contributed by atoms with van der Waals surface area (Å²) in [6.07, 6.45) is 0. The van der Waals surface area contributed by atoms with E-state index >= 15 is 0 Å². The number of hydrogen-bond acceptors (Lipinski definition) is 4. The first-order valence-corrected chi connectivity index (χ1v) is 6.57. The summed E-state index contributed by atoms with van der Waals surface area (Å²) in [6, 6.07) is 7.92. The van der Waals surface area contributed by atoms with Gasteiger partial charge in [0.2, 0.25) is 0 Å². The van der Waals surface area contributed by atoms with Crippen LogP contribution >= 0.6 is 23.5 Å². The van der Waals surface area contributed by atoms with Crippen molar-refractivity contribution in [1.29, 1.82) is 10.8 Å². The molecule has 0 atom stereocenters. The molecule has 0 bridgehead atoms. The second-order valence-corrected chi connectivity index (χ2v) is 5.11. The van der Waals surface area contributed by atoms with Gasteiger partial charge in [-0.1, -0.05) is 47.8 Å². The lowest BCUT2D eigenvalue weighted by molar-refractivity contribution is 1.29. The fraction of sp³-hybridized carbons (Fsp3) is 0.200. The van der Waals surface area contributed by atoms with Crippen molar-refractivity contribution in [3.8, 4) is 0 Å². The lowest BCUT2D eigenvalue weighted by Gasteiger charge is -2.07. The van der Waals surface area contributed by atoms with Crippen LogP contribution in [0.1, 0.15) is 11.1 Å². The maximum atomic E-state index is 7.17. The number of thioether (sulfide) groups is 2. The Morgan fingerprint density at radius 2 is 1.31 bits per heavy atom. The van der Waals surface area contributed by atoms with Gasteiger partial charge >= 0.3 is 0 Å². The zero-order chi connectivity index (χ0) is 12.0. The molecule has 1 rings (SSSR count). The number of hydrogen-bond donors (Lipinski definition) is 4. The molecule has 6 heteroatoms. The van der Waals surface area contributed by atoms with Crippen LogP contribution in [0.15, 0.2) is 24.3 Å². The molecule has 1 aromatic carbocycles. The predicted molar refractivity (Wildman–Crippen MR) is 72.9 cm³/mol. The summed E-state index contributed by atoms with van der Waals surface area (Å²) in [7, 11) is 0. The first-order valence-electron chi connectivity index (χ1n) is 4.60. The summed E-state index contributed by atoms with van der Waals surface area (Å²) in [6.45, 7) is 0. The molecular formula is C10H14N4S2. The summed E-state index contributed by atoms with van der Waals surface area (Å²) >= 11 is 2.60. The SMILES string of the molecule is N=C(N)SCc1ccccc1CSC(=N)N. The highest BCUT2D eigenvalue weighted by molar-refractivity contribution is 8.13. The van der Waals surface area contributed by atoms with E-state index in [1.54, 1.807) is 0 Å². The zero-order valence-corrected chi connectivity index (χ0v) is 10.3. The van der Waals surface area contributed by atoms with Crippen LogP contribution in [0.5, 0.6) is 0 Å². The smallest absolute Gasteiger partial charge is 0.151 e. The van der Waals surface area contributed by atoms with Gasteiger partial charge in [0.15, 0.2) is 10.3 Å². The third-order valence-electron chi connectivity index (χ3n) is 1.88. The molecule has 0 aliphatic rings. The van der Waals surface area contributed by atoms with Crippen LogP contribution in [0.4, 0.5) is 0 Å². The van der Waals surface area contributed by atoms with Gasteiger partial charge in [-0.25, -0.2) is 0 Å². The van der Waals surface area contributed by atoms with Crippen LogP contribution in [-0.4, -0.2) is 10.3 Å². The highest BCUT2D eigenvalue weighted by Crippen LogP contribution is 2.20. The molecule has 0 radical (unpaired) electrons. The third-order valence-corrected chi connectivity index (χ3v) is 3.42. The molecule has 16 heavy (non-hydrogen) atoms. The Morgan fingerprint density at radius 3 is 1.62 bits per heavy atom. The van der Waals surface area contributed by atoms with E-state index in [2.05, 4.69) is 0 Å². The monoisotopic (exact) mass is 254 g/mol. The van der Waals surface area contributed by atoms with Gasteiger partial charge in [0.1, 0.15) is 0 Å². The van der Waals surface area contributed by atoms with E-state index < -0.39 is 0 Å². The summed E-state index contributed by atoms with van der Waals surface area (Å²) in [5.74, 6) is 1.37. The second kappa shape index (κ2) is 6.44. The molecule has 0 saturated heterocycles. The van der Waals surface area contributed by atoms with E-state index in [9.17, 15) is 0 Å². The van der Waals surface area contributed by atoms with Crippen LogP contribution in [0.3, 0.4) is 0 Å². The standard InChI is InChI=1S/C10H14N4S2/c11-9(12)15-5-7-3-1-2-4-8(7)6-16-10(13)14/h1-4H,5-6H2,(H3,11,12)(H3,13,14). The molecule has 0 heterocycles. The average Bonchev–Trinajstić information content (AvgIpc) is 2.24. The number of nitrogens with one attached hydrogen (secondary N) is 2. The highest BCUT2D eigenvalue weighted by Gasteiger charge is 2.03. The van der Waals surface area contributed by atoms with Crippen molar-refractivity contribution in [2.75, 3.05) is 0 Å². The average molecular weight is 254 g/mol. The molecule has 0 aliphatic heterocycles. The first kappa shape index (κ1) is 12.9. The topological polar surface area (TPSA) is 99.7 Å². The Morgan fingerprint density at radius 1 is 0.938 bits per heavy atom. The molecule has 0 unspecified atom stereocenters. The van der Waals surface area contributed by atoms with Gasteiger partial charge in [-0.15, -0.1) is 0 Å². The molecule has 0 amide bonds. The normalized spacial score (nSPS) is 10.0. The lowest BCUT2D eigenvalue weighted by Crippen LogP contribution is -2.06. The van der Waals surface area contributed by atoms with Crippen LogP contribution in [0.2, 0.25) is 0 Å². The quantitative estimate of drug-likeness (QED) is 0.487.